The second-order valence-corrected chi connectivity index (χ2v) is 4.36. The third-order valence-corrected chi connectivity index (χ3v) is 2.36. The molecule has 0 aliphatic heterocycles. The number of nitrogens with zero attached hydrogens (tertiary/aromatic N) is 1. The van der Waals surface area contributed by atoms with E-state index in [1.54, 1.807) is 24.3 Å². The summed E-state index contributed by atoms with van der Waals surface area (Å²) < 4.78 is 5.20. The zero-order valence-electron chi connectivity index (χ0n) is 10.6. The Morgan fingerprint density at radius 2 is 2.11 bits per heavy atom. The molecule has 6 heteroatoms. The van der Waals surface area contributed by atoms with E-state index in [1.807, 2.05) is 6.07 Å². The van der Waals surface area contributed by atoms with Gasteiger partial charge in [-0.05, 0) is 31.2 Å². The summed E-state index contributed by atoms with van der Waals surface area (Å²) in [6.45, 7) is 0.713. The highest BCUT2D eigenvalue weighted by Crippen LogP contribution is 2.11. The molecule has 0 bridgehead atoms. The quantitative estimate of drug-likeness (QED) is 0.660. The van der Waals surface area contributed by atoms with Crippen LogP contribution in [0.25, 0.3) is 0 Å². The Morgan fingerprint density at radius 3 is 2.63 bits per heavy atom. The number of rotatable bonds is 6. The van der Waals surface area contributed by atoms with Gasteiger partial charge in [-0.15, -0.1) is 0 Å². The van der Waals surface area contributed by atoms with Gasteiger partial charge in [-0.2, -0.15) is 5.26 Å². The molecule has 0 aromatic heterocycles. The fourth-order valence-corrected chi connectivity index (χ4v) is 1.17. The van der Waals surface area contributed by atoms with E-state index < -0.39 is 18.1 Å². The number of hydrogen-bond donors (Lipinski definition) is 3. The van der Waals surface area contributed by atoms with Gasteiger partial charge < -0.3 is 20.3 Å². The van der Waals surface area contributed by atoms with Crippen LogP contribution in [0.4, 0.5) is 0 Å². The van der Waals surface area contributed by atoms with Gasteiger partial charge in [0.05, 0.1) is 18.2 Å². The van der Waals surface area contributed by atoms with E-state index in [2.05, 4.69) is 5.32 Å². The van der Waals surface area contributed by atoms with Gasteiger partial charge in [0.25, 0.3) is 5.91 Å². The fourth-order valence-electron chi connectivity index (χ4n) is 1.17. The molecule has 6 nitrogen and oxygen atoms in total. The van der Waals surface area contributed by atoms with Crippen molar-refractivity contribution in [3.05, 3.63) is 29.8 Å². The first-order valence-electron chi connectivity index (χ1n) is 5.70. The highest BCUT2D eigenvalue weighted by Gasteiger charge is 2.19. The number of amides is 1. The highest BCUT2D eigenvalue weighted by atomic mass is 16.5. The number of nitrogens with one attached hydrogen (secondary N) is 1. The van der Waals surface area contributed by atoms with E-state index in [0.717, 1.165) is 0 Å². The minimum Gasteiger partial charge on any atom is -0.484 e. The largest absolute Gasteiger partial charge is 0.484 e. The van der Waals surface area contributed by atoms with Crippen molar-refractivity contribution in [3.8, 4) is 11.8 Å². The third kappa shape index (κ3) is 5.38. The number of benzene rings is 1. The van der Waals surface area contributed by atoms with E-state index in [0.29, 0.717) is 11.3 Å². The fraction of sp³-hybridized carbons (Fsp3) is 0.385. The van der Waals surface area contributed by atoms with Crippen molar-refractivity contribution in [1.29, 1.82) is 5.26 Å². The van der Waals surface area contributed by atoms with E-state index >= 15 is 0 Å². The number of aliphatic hydroxyl groups is 2. The minimum absolute atomic E-state index is 0.0565. The molecule has 0 saturated heterocycles. The Kier molecular flexibility index (Phi) is 5.30. The summed E-state index contributed by atoms with van der Waals surface area (Å²) in [6.07, 6.45) is 0. The number of aliphatic hydroxyl groups excluding tert-OH is 1. The molecular formula is C13H16N2O4. The number of nitriles is 1. The monoisotopic (exact) mass is 264 g/mol. The second-order valence-electron chi connectivity index (χ2n) is 4.36. The molecule has 1 unspecified atom stereocenters. The van der Waals surface area contributed by atoms with E-state index in [1.165, 1.54) is 6.92 Å². The molecule has 1 amide bonds. The van der Waals surface area contributed by atoms with Gasteiger partial charge in [-0.3, -0.25) is 4.79 Å². The molecule has 19 heavy (non-hydrogen) atoms. The van der Waals surface area contributed by atoms with E-state index in [-0.39, 0.29) is 13.2 Å². The maximum atomic E-state index is 11.4. The SMILES string of the molecule is CC(O)(CO)CNC(=O)COc1ccc(C#N)cc1. The van der Waals surface area contributed by atoms with Crippen LogP contribution in [0.2, 0.25) is 0 Å². The first kappa shape index (κ1) is 15.0. The second kappa shape index (κ2) is 6.73. The third-order valence-electron chi connectivity index (χ3n) is 2.36. The van der Waals surface area contributed by atoms with Crippen molar-refractivity contribution < 1.29 is 19.7 Å². The summed E-state index contributed by atoms with van der Waals surface area (Å²) >= 11 is 0. The molecule has 3 N–H and O–H groups in total. The van der Waals surface area contributed by atoms with Gasteiger partial charge in [0.2, 0.25) is 0 Å². The summed E-state index contributed by atoms with van der Waals surface area (Å²) in [7, 11) is 0. The Hall–Kier alpha value is -2.10. The lowest BCUT2D eigenvalue weighted by molar-refractivity contribution is -0.124. The van der Waals surface area contributed by atoms with Gasteiger partial charge in [-0.1, -0.05) is 0 Å². The molecule has 0 radical (unpaired) electrons. The average molecular weight is 264 g/mol. The van der Waals surface area contributed by atoms with Crippen molar-refractivity contribution in [3.63, 3.8) is 0 Å². The Labute approximate surface area is 111 Å². The molecular weight excluding hydrogens is 248 g/mol. The number of hydrogen-bond acceptors (Lipinski definition) is 5. The molecule has 0 aliphatic carbocycles. The zero-order valence-corrected chi connectivity index (χ0v) is 10.6. The smallest absolute Gasteiger partial charge is 0.258 e. The van der Waals surface area contributed by atoms with Crippen LogP contribution in [0.15, 0.2) is 24.3 Å². The molecule has 0 heterocycles. The van der Waals surface area contributed by atoms with Crippen LogP contribution >= 0.6 is 0 Å². The number of ether oxygens (including phenoxy) is 1. The maximum Gasteiger partial charge on any atom is 0.258 e. The summed E-state index contributed by atoms with van der Waals surface area (Å²) in [5.41, 5.74) is -0.833. The molecule has 0 fully saturated rings. The Balaban J connectivity index is 2.36. The molecule has 0 saturated carbocycles. The van der Waals surface area contributed by atoms with Gasteiger partial charge in [-0.25, -0.2) is 0 Å². The van der Waals surface area contributed by atoms with Crippen molar-refractivity contribution in [2.45, 2.75) is 12.5 Å². The minimum atomic E-state index is -1.34. The zero-order chi connectivity index (χ0) is 14.3. The average Bonchev–Trinajstić information content (AvgIpc) is 2.43. The van der Waals surface area contributed by atoms with Gasteiger partial charge in [0, 0.05) is 6.54 Å². The van der Waals surface area contributed by atoms with E-state index in [9.17, 15) is 9.90 Å². The topological polar surface area (TPSA) is 103 Å². The van der Waals surface area contributed by atoms with Gasteiger partial charge in [0.15, 0.2) is 6.61 Å². The molecule has 1 aromatic carbocycles. The van der Waals surface area contributed by atoms with Crippen molar-refractivity contribution >= 4 is 5.91 Å². The van der Waals surface area contributed by atoms with Gasteiger partial charge >= 0.3 is 0 Å². The molecule has 102 valence electrons. The van der Waals surface area contributed by atoms with Crippen LogP contribution < -0.4 is 10.1 Å². The van der Waals surface area contributed by atoms with Crippen LogP contribution in [0, 0.1) is 11.3 Å². The standard InChI is InChI=1S/C13H16N2O4/c1-13(18,9-16)8-15-12(17)7-19-11-4-2-10(6-14)3-5-11/h2-5,16,18H,7-9H2,1H3,(H,15,17). The van der Waals surface area contributed by atoms with Crippen LogP contribution in [0.5, 0.6) is 5.75 Å². The molecule has 1 rings (SSSR count). The first-order chi connectivity index (χ1) is 8.96. The lowest BCUT2D eigenvalue weighted by atomic mass is 10.1. The first-order valence-corrected chi connectivity index (χ1v) is 5.70. The summed E-state index contributed by atoms with van der Waals surface area (Å²) in [4.78, 5) is 11.4. The predicted octanol–water partition coefficient (Wildman–Crippen LogP) is -0.203. The van der Waals surface area contributed by atoms with Crippen LogP contribution in [-0.4, -0.2) is 41.5 Å². The lowest BCUT2D eigenvalue weighted by Crippen LogP contribution is -2.44. The number of carbonyl (C=O) groups is 1. The molecule has 1 aromatic rings. The molecule has 0 spiro atoms. The van der Waals surface area contributed by atoms with E-state index in [4.69, 9.17) is 15.1 Å². The molecule has 0 aliphatic rings. The Bertz CT molecular complexity index is 463. The Morgan fingerprint density at radius 1 is 1.47 bits per heavy atom. The summed E-state index contributed by atoms with van der Waals surface area (Å²) in [6, 6.07) is 8.34. The lowest BCUT2D eigenvalue weighted by Gasteiger charge is -2.20. The normalized spacial score (nSPS) is 13.2. The highest BCUT2D eigenvalue weighted by molar-refractivity contribution is 5.77. The molecule has 1 atom stereocenters. The number of carbonyl (C=O) groups excluding carboxylic acids is 1. The van der Waals surface area contributed by atoms with Crippen molar-refractivity contribution in [2.24, 2.45) is 0 Å². The van der Waals surface area contributed by atoms with Crippen LogP contribution in [-0.2, 0) is 4.79 Å². The van der Waals surface area contributed by atoms with Crippen LogP contribution in [0.1, 0.15) is 12.5 Å². The summed E-state index contributed by atoms with van der Waals surface area (Å²) in [5.74, 6) is 0.0705. The predicted molar refractivity (Wildman–Crippen MR) is 67.4 cm³/mol. The van der Waals surface area contributed by atoms with Crippen LogP contribution in [0.3, 0.4) is 0 Å². The van der Waals surface area contributed by atoms with Gasteiger partial charge in [0.1, 0.15) is 11.4 Å². The summed E-state index contributed by atoms with van der Waals surface area (Å²) in [5, 5.41) is 29.3. The van der Waals surface area contributed by atoms with Crippen molar-refractivity contribution in [1.82, 2.24) is 5.32 Å². The van der Waals surface area contributed by atoms with Crippen molar-refractivity contribution in [2.75, 3.05) is 19.8 Å². The maximum absolute atomic E-state index is 11.4.